The number of amides is 1. The summed E-state index contributed by atoms with van der Waals surface area (Å²) in [6.07, 6.45) is 83.7. The number of ether oxygens (including phenoxy) is 2. The van der Waals surface area contributed by atoms with Crippen molar-refractivity contribution in [1.82, 2.24) is 5.32 Å². The molecule has 83 heavy (non-hydrogen) atoms. The zero-order valence-corrected chi connectivity index (χ0v) is 53.7. The minimum absolute atomic E-state index is 0.188. The highest BCUT2D eigenvalue weighted by atomic mass is 16.7. The molecule has 480 valence electrons. The first-order valence-electron chi connectivity index (χ1n) is 35.0. The monoisotopic (exact) mass is 1160 g/mol. The number of hydrogen-bond donors (Lipinski definition) is 6. The van der Waals surface area contributed by atoms with Crippen LogP contribution in [0.5, 0.6) is 0 Å². The fourth-order valence-electron chi connectivity index (χ4n) is 10.7. The first-order chi connectivity index (χ1) is 40.8. The van der Waals surface area contributed by atoms with Gasteiger partial charge in [-0.05, 0) is 89.9 Å². The first kappa shape index (κ1) is 78.1. The minimum Gasteiger partial charge on any atom is -0.394 e. The van der Waals surface area contributed by atoms with Crippen molar-refractivity contribution < 1.29 is 39.8 Å². The topological polar surface area (TPSA) is 149 Å². The molecule has 0 aromatic rings. The van der Waals surface area contributed by atoms with Gasteiger partial charge >= 0.3 is 0 Å². The van der Waals surface area contributed by atoms with E-state index < -0.39 is 49.5 Å². The van der Waals surface area contributed by atoms with Crippen molar-refractivity contribution in [2.45, 2.75) is 352 Å². The highest BCUT2D eigenvalue weighted by Crippen LogP contribution is 2.23. The van der Waals surface area contributed by atoms with Crippen molar-refractivity contribution in [2.75, 3.05) is 13.2 Å². The largest absolute Gasteiger partial charge is 0.394 e. The second kappa shape index (κ2) is 62.2. The van der Waals surface area contributed by atoms with Crippen LogP contribution in [0.3, 0.4) is 0 Å². The fourth-order valence-corrected chi connectivity index (χ4v) is 10.7. The minimum atomic E-state index is -1.58. The van der Waals surface area contributed by atoms with Gasteiger partial charge in [0.1, 0.15) is 24.4 Å². The van der Waals surface area contributed by atoms with Crippen molar-refractivity contribution in [1.29, 1.82) is 0 Å². The van der Waals surface area contributed by atoms with Crippen molar-refractivity contribution in [2.24, 2.45) is 0 Å². The van der Waals surface area contributed by atoms with Gasteiger partial charge in [-0.2, -0.15) is 0 Å². The van der Waals surface area contributed by atoms with E-state index in [4.69, 9.17) is 9.47 Å². The number of nitrogens with one attached hydrogen (secondary N) is 1. The Bertz CT molecular complexity index is 1630. The molecule has 0 spiro atoms. The Morgan fingerprint density at radius 2 is 0.759 bits per heavy atom. The standard InChI is InChI=1S/C74H131NO8/c1-3-5-7-9-11-13-15-17-19-21-23-25-27-28-29-30-31-32-33-34-35-36-37-38-39-40-42-44-46-48-50-52-54-56-58-60-62-64-70(78)75-67(66-82-74-73(81)72(80)71(79)69(65-76)83-74)68(77)63-61-59-57-55-53-51-49-47-45-43-41-26-24-22-20-18-16-14-12-10-8-6-4-2/h5,7,11,13,17,19,23,25,28-29,45,47,53,55,61,63,67-69,71-74,76-77,79-81H,3-4,6,8-10,12,14-16,18,20-22,24,26-27,30-44,46,48-52,54,56-60,62,64-66H2,1-2H3,(H,75,78)/b7-5-,13-11-,19-17-,25-23-,29-28-,47-45+,55-53+,63-61+. The van der Waals surface area contributed by atoms with E-state index in [0.29, 0.717) is 6.42 Å². The van der Waals surface area contributed by atoms with E-state index in [1.54, 1.807) is 6.08 Å². The number of allylic oxidation sites excluding steroid dienone is 15. The lowest BCUT2D eigenvalue weighted by Crippen LogP contribution is -2.60. The average Bonchev–Trinajstić information content (AvgIpc) is 3.60. The molecule has 0 bridgehead atoms. The summed E-state index contributed by atoms with van der Waals surface area (Å²) in [7, 11) is 0. The molecule has 1 heterocycles. The van der Waals surface area contributed by atoms with Gasteiger partial charge in [-0.1, -0.05) is 310 Å². The molecule has 0 radical (unpaired) electrons. The second-order valence-electron chi connectivity index (χ2n) is 23.9. The van der Waals surface area contributed by atoms with Crippen LogP contribution in [0.25, 0.3) is 0 Å². The molecule has 1 saturated heterocycles. The zero-order valence-electron chi connectivity index (χ0n) is 53.7. The molecule has 0 aromatic heterocycles. The summed E-state index contributed by atoms with van der Waals surface area (Å²) < 4.78 is 11.3. The van der Waals surface area contributed by atoms with Gasteiger partial charge in [-0.25, -0.2) is 0 Å². The van der Waals surface area contributed by atoms with E-state index in [1.165, 1.54) is 212 Å². The zero-order chi connectivity index (χ0) is 60.0. The summed E-state index contributed by atoms with van der Waals surface area (Å²) in [5.41, 5.74) is 0. The summed E-state index contributed by atoms with van der Waals surface area (Å²) in [5, 5.41) is 54.7. The van der Waals surface area contributed by atoms with Crippen molar-refractivity contribution in [3.63, 3.8) is 0 Å². The number of rotatable bonds is 60. The molecule has 9 heteroatoms. The van der Waals surface area contributed by atoms with Gasteiger partial charge < -0.3 is 40.3 Å². The predicted molar refractivity (Wildman–Crippen MR) is 355 cm³/mol. The lowest BCUT2D eigenvalue weighted by Gasteiger charge is -2.40. The van der Waals surface area contributed by atoms with Crippen LogP contribution in [-0.2, 0) is 14.3 Å². The summed E-state index contributed by atoms with van der Waals surface area (Å²) in [6, 6.07) is -0.832. The summed E-state index contributed by atoms with van der Waals surface area (Å²) in [5.74, 6) is -0.188. The van der Waals surface area contributed by atoms with Gasteiger partial charge in [0.2, 0.25) is 5.91 Å². The van der Waals surface area contributed by atoms with Crippen LogP contribution in [0.4, 0.5) is 0 Å². The maximum absolute atomic E-state index is 13.1. The van der Waals surface area contributed by atoms with Crippen LogP contribution in [0, 0.1) is 0 Å². The SMILES string of the molecule is CC/C=C\C/C=C\C/C=C\C/C=C\C/C=C\CCCCCCCCCCCCCCCCCCCCCCCC(=O)NC(COC1OC(CO)C(O)C(O)C1O)C(O)/C=C/CC/C=C/CC/C=C/CCCCCCCCCCCCCCC. The van der Waals surface area contributed by atoms with E-state index in [-0.39, 0.29) is 12.5 Å². The summed E-state index contributed by atoms with van der Waals surface area (Å²) in [6.45, 7) is 3.67. The predicted octanol–water partition coefficient (Wildman–Crippen LogP) is 19.1. The van der Waals surface area contributed by atoms with Crippen LogP contribution >= 0.6 is 0 Å². The van der Waals surface area contributed by atoms with Crippen LogP contribution < -0.4 is 5.32 Å². The molecule has 1 fully saturated rings. The number of carbonyl (C=O) groups is 1. The van der Waals surface area contributed by atoms with Gasteiger partial charge in [-0.3, -0.25) is 4.79 Å². The van der Waals surface area contributed by atoms with Gasteiger partial charge in [0, 0.05) is 6.42 Å². The van der Waals surface area contributed by atoms with Gasteiger partial charge in [0.15, 0.2) is 6.29 Å². The van der Waals surface area contributed by atoms with Crippen LogP contribution in [-0.4, -0.2) is 87.5 Å². The molecule has 1 aliphatic heterocycles. The Hall–Kier alpha value is -2.89. The van der Waals surface area contributed by atoms with Crippen LogP contribution in [0.2, 0.25) is 0 Å². The highest BCUT2D eigenvalue weighted by Gasteiger charge is 2.44. The number of aliphatic hydroxyl groups is 5. The molecule has 9 nitrogen and oxygen atoms in total. The molecule has 6 N–H and O–H groups in total. The maximum Gasteiger partial charge on any atom is 0.220 e. The van der Waals surface area contributed by atoms with E-state index in [2.05, 4.69) is 104 Å². The van der Waals surface area contributed by atoms with Gasteiger partial charge in [-0.15, -0.1) is 0 Å². The lowest BCUT2D eigenvalue weighted by atomic mass is 9.99. The summed E-state index contributed by atoms with van der Waals surface area (Å²) >= 11 is 0. The Balaban J connectivity index is 2.13. The third-order valence-corrected chi connectivity index (χ3v) is 16.1. The Labute approximate surface area is 511 Å². The molecule has 0 saturated carbocycles. The normalized spacial score (nSPS) is 18.9. The van der Waals surface area contributed by atoms with Gasteiger partial charge in [0.05, 0.1) is 25.4 Å². The quantitative estimate of drug-likeness (QED) is 0.0261. The smallest absolute Gasteiger partial charge is 0.220 e. The molecule has 0 aliphatic carbocycles. The first-order valence-corrected chi connectivity index (χ1v) is 35.0. The lowest BCUT2D eigenvalue weighted by molar-refractivity contribution is -0.302. The molecule has 1 amide bonds. The van der Waals surface area contributed by atoms with Gasteiger partial charge in [0.25, 0.3) is 0 Å². The van der Waals surface area contributed by atoms with E-state index >= 15 is 0 Å². The molecule has 0 aromatic carbocycles. The Kier molecular flexibility index (Phi) is 58.5. The molecule has 1 aliphatic rings. The molecular weight excluding hydrogens is 1030 g/mol. The Morgan fingerprint density at radius 3 is 1.16 bits per heavy atom. The number of aliphatic hydroxyl groups excluding tert-OH is 5. The molecule has 1 rings (SSSR count). The number of carbonyl (C=O) groups excluding carboxylic acids is 1. The van der Waals surface area contributed by atoms with E-state index in [0.717, 1.165) is 77.0 Å². The van der Waals surface area contributed by atoms with Crippen molar-refractivity contribution >= 4 is 5.91 Å². The average molecular weight is 1160 g/mol. The van der Waals surface area contributed by atoms with Crippen LogP contribution in [0.1, 0.15) is 309 Å². The maximum atomic E-state index is 13.1. The number of hydrogen-bond acceptors (Lipinski definition) is 8. The van der Waals surface area contributed by atoms with Crippen LogP contribution in [0.15, 0.2) is 97.2 Å². The fraction of sp³-hybridized carbons (Fsp3) is 0.770. The van der Waals surface area contributed by atoms with Crippen molar-refractivity contribution in [3.8, 4) is 0 Å². The number of unbranched alkanes of at least 4 members (excludes halogenated alkanes) is 36. The third-order valence-electron chi connectivity index (χ3n) is 16.1. The van der Waals surface area contributed by atoms with E-state index in [1.807, 2.05) is 6.08 Å². The Morgan fingerprint density at radius 1 is 0.422 bits per heavy atom. The molecule has 7 atom stereocenters. The second-order valence-corrected chi connectivity index (χ2v) is 23.9. The highest BCUT2D eigenvalue weighted by molar-refractivity contribution is 5.76. The van der Waals surface area contributed by atoms with Crippen molar-refractivity contribution in [3.05, 3.63) is 97.2 Å². The molecule has 7 unspecified atom stereocenters. The van der Waals surface area contributed by atoms with E-state index in [9.17, 15) is 30.3 Å². The summed E-state index contributed by atoms with van der Waals surface area (Å²) in [4.78, 5) is 13.1. The molecular formula is C74H131NO8. The third kappa shape index (κ3) is 50.9.